The topological polar surface area (TPSA) is 58.5 Å². The molecule has 0 spiro atoms. The van der Waals surface area contributed by atoms with Crippen LogP contribution in [0.1, 0.15) is 29.3 Å². The minimum Gasteiger partial charge on any atom is -0.455 e. The van der Waals surface area contributed by atoms with E-state index in [4.69, 9.17) is 21.3 Å². The third-order valence-electron chi connectivity index (χ3n) is 5.27. The molecule has 2 aromatic carbocycles. The first-order valence-corrected chi connectivity index (χ1v) is 11.3. The molecule has 0 saturated carbocycles. The normalized spacial score (nSPS) is 13.7. The van der Waals surface area contributed by atoms with E-state index < -0.39 is 6.10 Å². The molecule has 1 unspecified atom stereocenters. The molecule has 2 aromatic heterocycles. The molecule has 0 bridgehead atoms. The number of fused-ring (bicyclic) bond motifs is 2. The van der Waals surface area contributed by atoms with Gasteiger partial charge in [0.15, 0.2) is 10.9 Å². The highest BCUT2D eigenvalue weighted by Gasteiger charge is 2.25. The molecule has 0 radical (unpaired) electrons. The van der Waals surface area contributed by atoms with E-state index >= 15 is 0 Å². The smallest absolute Gasteiger partial charge is 0.190 e. The highest BCUT2D eigenvalue weighted by molar-refractivity contribution is 7.13. The van der Waals surface area contributed by atoms with Crippen LogP contribution in [-0.4, -0.2) is 15.1 Å². The zero-order valence-electron chi connectivity index (χ0n) is 16.6. The summed E-state index contributed by atoms with van der Waals surface area (Å²) < 4.78 is 6.17. The maximum Gasteiger partial charge on any atom is 0.190 e. The average molecular weight is 450 g/mol. The lowest BCUT2D eigenvalue weighted by atomic mass is 10.1. The molecule has 1 atom stereocenters. The van der Waals surface area contributed by atoms with E-state index in [9.17, 15) is 5.11 Å². The van der Waals surface area contributed by atoms with Gasteiger partial charge in [0.1, 0.15) is 5.75 Å². The fourth-order valence-electron chi connectivity index (χ4n) is 3.62. The van der Waals surface area contributed by atoms with E-state index in [1.54, 1.807) is 12.4 Å². The first-order valence-electron chi connectivity index (χ1n) is 10.0. The molecule has 0 saturated heterocycles. The molecular weight excluding hydrogens is 430 g/mol. The molecule has 5 rings (SSSR count). The highest BCUT2D eigenvalue weighted by atomic mass is 35.5. The number of hydrogen-bond donors (Lipinski definition) is 1. The summed E-state index contributed by atoms with van der Waals surface area (Å²) in [6.07, 6.45) is 4.27. The lowest BCUT2D eigenvalue weighted by Crippen LogP contribution is -2.15. The maximum absolute atomic E-state index is 10.7. The van der Waals surface area contributed by atoms with Gasteiger partial charge < -0.3 is 14.7 Å². The van der Waals surface area contributed by atoms with Gasteiger partial charge in [0.25, 0.3) is 0 Å². The van der Waals surface area contributed by atoms with E-state index in [1.807, 2.05) is 60.0 Å². The van der Waals surface area contributed by atoms with E-state index in [-0.39, 0.29) is 0 Å². The monoisotopic (exact) mass is 449 g/mol. The molecule has 31 heavy (non-hydrogen) atoms. The average Bonchev–Trinajstić information content (AvgIpc) is 3.23. The van der Waals surface area contributed by atoms with Gasteiger partial charge in [-0.25, -0.2) is 4.98 Å². The Balaban J connectivity index is 1.43. The van der Waals surface area contributed by atoms with Crippen LogP contribution >= 0.6 is 22.9 Å². The van der Waals surface area contributed by atoms with Crippen LogP contribution in [0.4, 0.5) is 10.8 Å². The predicted octanol–water partition coefficient (Wildman–Crippen LogP) is 6.30. The summed E-state index contributed by atoms with van der Waals surface area (Å²) in [5.74, 6) is 1.55. The van der Waals surface area contributed by atoms with Crippen molar-refractivity contribution in [3.8, 4) is 11.5 Å². The Labute approximate surface area is 189 Å². The molecule has 0 aliphatic carbocycles. The molecule has 0 fully saturated rings. The molecular formula is C24H20ClN3O2S. The van der Waals surface area contributed by atoms with Crippen LogP contribution in [0, 0.1) is 0 Å². The van der Waals surface area contributed by atoms with Crippen molar-refractivity contribution in [2.75, 3.05) is 4.90 Å². The number of aryl methyl sites for hydroxylation is 1. The number of thiazole rings is 1. The minimum absolute atomic E-state index is 0.599. The first-order chi connectivity index (χ1) is 15.2. The Bertz CT molecular complexity index is 1200. The molecule has 0 amide bonds. The predicted molar refractivity (Wildman–Crippen MR) is 123 cm³/mol. The van der Waals surface area contributed by atoms with Crippen molar-refractivity contribution in [3.05, 3.63) is 94.2 Å². The highest BCUT2D eigenvalue weighted by Crippen LogP contribution is 2.44. The number of hydrogen-bond acceptors (Lipinski definition) is 6. The number of para-hydroxylation sites is 1. The second-order valence-corrected chi connectivity index (χ2v) is 8.65. The summed E-state index contributed by atoms with van der Waals surface area (Å²) in [4.78, 5) is 10.9. The van der Waals surface area contributed by atoms with Crippen LogP contribution < -0.4 is 9.64 Å². The van der Waals surface area contributed by atoms with Gasteiger partial charge in [-0.1, -0.05) is 29.8 Å². The number of aliphatic hydroxyl groups is 1. The van der Waals surface area contributed by atoms with Crippen molar-refractivity contribution in [2.45, 2.75) is 25.5 Å². The summed E-state index contributed by atoms with van der Waals surface area (Å²) in [6, 6.07) is 17.5. The van der Waals surface area contributed by atoms with E-state index in [0.29, 0.717) is 23.7 Å². The van der Waals surface area contributed by atoms with Gasteiger partial charge in [-0.3, -0.25) is 4.98 Å². The van der Waals surface area contributed by atoms with Crippen LogP contribution in [0.5, 0.6) is 11.5 Å². The van der Waals surface area contributed by atoms with E-state index in [1.165, 1.54) is 11.3 Å². The summed E-state index contributed by atoms with van der Waals surface area (Å²) in [7, 11) is 0. The molecule has 7 heteroatoms. The summed E-state index contributed by atoms with van der Waals surface area (Å²) in [5.41, 5.74) is 3.74. The van der Waals surface area contributed by atoms with E-state index in [2.05, 4.69) is 9.88 Å². The van der Waals surface area contributed by atoms with Crippen molar-refractivity contribution in [1.82, 2.24) is 9.97 Å². The first kappa shape index (κ1) is 20.0. The summed E-state index contributed by atoms with van der Waals surface area (Å²) >= 11 is 7.81. The fourth-order valence-corrected chi connectivity index (χ4v) is 4.67. The largest absolute Gasteiger partial charge is 0.455 e. The molecule has 3 heterocycles. The van der Waals surface area contributed by atoms with Gasteiger partial charge in [0.05, 0.1) is 24.0 Å². The van der Waals surface area contributed by atoms with Crippen LogP contribution in [-0.2, 0) is 13.0 Å². The Morgan fingerprint density at radius 3 is 2.81 bits per heavy atom. The van der Waals surface area contributed by atoms with Crippen LogP contribution in [0.2, 0.25) is 5.02 Å². The quantitative estimate of drug-likeness (QED) is 0.387. The molecule has 1 aliphatic rings. The zero-order chi connectivity index (χ0) is 21.2. The van der Waals surface area contributed by atoms with Crippen LogP contribution in [0.25, 0.3) is 0 Å². The Morgan fingerprint density at radius 2 is 1.94 bits per heavy atom. The fraction of sp³-hybridized carbons (Fsp3) is 0.167. The number of aromatic nitrogens is 2. The van der Waals surface area contributed by atoms with Gasteiger partial charge in [-0.15, -0.1) is 11.3 Å². The molecule has 1 aliphatic heterocycles. The second kappa shape index (κ2) is 8.67. The lowest BCUT2D eigenvalue weighted by molar-refractivity contribution is 0.164. The van der Waals surface area contributed by atoms with Crippen molar-refractivity contribution in [3.63, 3.8) is 0 Å². The standard InChI is InChI=1S/C24H20ClN3O2S/c25-18-6-8-23-20(13-18)28(14-17-3-1-2-4-22(17)30-23)24-27-19(15-31-24)21(29)7-5-16-9-11-26-12-10-16/h1-4,6,8-13,15,21,29H,5,7,14H2. The number of rotatable bonds is 5. The Hall–Kier alpha value is -2.93. The lowest BCUT2D eigenvalue weighted by Gasteiger charge is -2.21. The van der Waals surface area contributed by atoms with Gasteiger partial charge >= 0.3 is 0 Å². The molecule has 4 aromatic rings. The minimum atomic E-state index is -0.632. The molecule has 1 N–H and O–H groups in total. The van der Waals surface area contributed by atoms with Crippen molar-refractivity contribution >= 4 is 33.8 Å². The number of nitrogens with zero attached hydrogens (tertiary/aromatic N) is 3. The van der Waals surface area contributed by atoms with Gasteiger partial charge in [-0.05, 0) is 54.8 Å². The number of aliphatic hydroxyl groups excluding tert-OH is 1. The summed E-state index contributed by atoms with van der Waals surface area (Å²) in [6.45, 7) is 0.601. The Morgan fingerprint density at radius 1 is 1.10 bits per heavy atom. The zero-order valence-corrected chi connectivity index (χ0v) is 18.2. The third kappa shape index (κ3) is 4.28. The number of anilines is 2. The van der Waals surface area contributed by atoms with Gasteiger partial charge in [0.2, 0.25) is 0 Å². The van der Waals surface area contributed by atoms with E-state index in [0.717, 1.165) is 39.9 Å². The maximum atomic E-state index is 10.7. The summed E-state index contributed by atoms with van der Waals surface area (Å²) in [5, 5.41) is 14.1. The van der Waals surface area contributed by atoms with Crippen molar-refractivity contribution in [2.24, 2.45) is 0 Å². The number of halogens is 1. The Kier molecular flexibility index (Phi) is 5.59. The number of pyridine rings is 1. The molecule has 156 valence electrons. The second-order valence-electron chi connectivity index (χ2n) is 7.37. The van der Waals surface area contributed by atoms with Crippen LogP contribution in [0.15, 0.2) is 72.4 Å². The number of ether oxygens (including phenoxy) is 1. The van der Waals surface area contributed by atoms with Crippen LogP contribution in [0.3, 0.4) is 0 Å². The number of benzene rings is 2. The van der Waals surface area contributed by atoms with Crippen molar-refractivity contribution in [1.29, 1.82) is 0 Å². The third-order valence-corrected chi connectivity index (χ3v) is 6.39. The van der Waals surface area contributed by atoms with Gasteiger partial charge in [-0.2, -0.15) is 0 Å². The van der Waals surface area contributed by atoms with Gasteiger partial charge in [0, 0.05) is 28.4 Å². The molecule has 5 nitrogen and oxygen atoms in total. The SMILES string of the molecule is OC(CCc1ccncc1)c1csc(N2Cc3ccccc3Oc3ccc(Cl)cc32)n1. The van der Waals surface area contributed by atoms with Crippen molar-refractivity contribution < 1.29 is 9.84 Å².